The van der Waals surface area contributed by atoms with E-state index in [0.717, 1.165) is 161 Å². The Bertz CT molecular complexity index is 2150. The fourth-order valence-electron chi connectivity index (χ4n) is 9.25. The zero-order chi connectivity index (χ0) is 66.1. The van der Waals surface area contributed by atoms with E-state index in [9.17, 15) is 19.5 Å². The van der Waals surface area contributed by atoms with Gasteiger partial charge >= 0.3 is 17.9 Å². The number of nitrogens with zero attached hydrogens (tertiary/aromatic N) is 1. The number of hydrogen-bond donors (Lipinski definition) is 1. The topological polar surface area (TPSA) is 108 Å². The maximum Gasteiger partial charge on any atom is 0.361 e. The van der Waals surface area contributed by atoms with Crippen molar-refractivity contribution in [3.8, 4) is 0 Å². The summed E-state index contributed by atoms with van der Waals surface area (Å²) in [5.41, 5.74) is 0. The van der Waals surface area contributed by atoms with Gasteiger partial charge in [-0.05, 0) is 135 Å². The lowest BCUT2D eigenvalue weighted by Gasteiger charge is -2.25. The van der Waals surface area contributed by atoms with Crippen molar-refractivity contribution >= 4 is 17.9 Å². The van der Waals surface area contributed by atoms with Crippen LogP contribution < -0.4 is 0 Å². The van der Waals surface area contributed by atoms with Gasteiger partial charge in [0.05, 0.1) is 34.4 Å². The normalized spacial score (nSPS) is 13.8. The molecule has 0 fully saturated rings. The van der Waals surface area contributed by atoms with E-state index >= 15 is 0 Å². The number of carbonyl (C=O) groups is 3. The van der Waals surface area contributed by atoms with Gasteiger partial charge in [-0.3, -0.25) is 9.59 Å². The van der Waals surface area contributed by atoms with Crippen LogP contribution in [0, 0.1) is 0 Å². The third kappa shape index (κ3) is 71.7. The average Bonchev–Trinajstić information content (AvgIpc) is 3.53. The third-order valence-electron chi connectivity index (χ3n) is 14.7. The van der Waals surface area contributed by atoms with Crippen molar-refractivity contribution in [1.82, 2.24) is 0 Å². The minimum Gasteiger partial charge on any atom is -0.477 e. The van der Waals surface area contributed by atoms with E-state index in [0.29, 0.717) is 17.4 Å². The molecule has 0 bridgehead atoms. The summed E-state index contributed by atoms with van der Waals surface area (Å²) in [5.74, 6) is -2.04. The number of ether oxygens (including phenoxy) is 4. The van der Waals surface area contributed by atoms with Crippen molar-refractivity contribution in [3.05, 3.63) is 182 Å². The van der Waals surface area contributed by atoms with Crippen LogP contribution in [0.1, 0.15) is 258 Å². The van der Waals surface area contributed by atoms with Gasteiger partial charge in [-0.25, -0.2) is 4.79 Å². The number of esters is 2. The van der Waals surface area contributed by atoms with Crippen molar-refractivity contribution in [3.63, 3.8) is 0 Å². The molecule has 0 saturated carbocycles. The van der Waals surface area contributed by atoms with E-state index < -0.39 is 24.3 Å². The SMILES string of the molecule is CC/C=C\C/C=C\C/C=C\C/C=C\C/C=C\C/C=C\C/C=C\C/C=C\C/C=C\CCCCCCCCCCCCCCCC(=O)OC(COC(=O)CCCCCCCC/C=C\C/C=C\C/C=C\C/C=C\C/C=C\C/C=C\CC)COC(OCC[N+](C)(C)C)C(=O)O. The van der Waals surface area contributed by atoms with E-state index in [4.69, 9.17) is 18.9 Å². The first-order chi connectivity index (χ1) is 44.6. The number of aliphatic carboxylic acids is 1. The number of unbranched alkanes of at least 4 members (excludes halogenated alkanes) is 19. The quantitative estimate of drug-likeness (QED) is 0.0211. The fourth-order valence-corrected chi connectivity index (χ4v) is 9.25. The first-order valence-corrected chi connectivity index (χ1v) is 35.9. The Kier molecular flexibility index (Phi) is 65.9. The van der Waals surface area contributed by atoms with E-state index in [-0.39, 0.29) is 38.6 Å². The molecule has 512 valence electrons. The van der Waals surface area contributed by atoms with Gasteiger partial charge in [0.25, 0.3) is 6.29 Å². The lowest BCUT2D eigenvalue weighted by atomic mass is 10.0. The van der Waals surface area contributed by atoms with Crippen molar-refractivity contribution < 1.29 is 42.9 Å². The van der Waals surface area contributed by atoms with Gasteiger partial charge in [-0.2, -0.15) is 0 Å². The maximum absolute atomic E-state index is 13.0. The third-order valence-corrected chi connectivity index (χ3v) is 14.7. The number of rotatable bonds is 64. The minimum absolute atomic E-state index is 0.176. The van der Waals surface area contributed by atoms with Gasteiger partial charge < -0.3 is 28.5 Å². The van der Waals surface area contributed by atoms with Crippen molar-refractivity contribution in [2.75, 3.05) is 47.5 Å². The van der Waals surface area contributed by atoms with Gasteiger partial charge in [0.1, 0.15) is 13.2 Å². The molecule has 9 heteroatoms. The summed E-state index contributed by atoms with van der Waals surface area (Å²) in [6, 6.07) is 0. The van der Waals surface area contributed by atoms with Gasteiger partial charge in [-0.15, -0.1) is 0 Å². The smallest absolute Gasteiger partial charge is 0.361 e. The highest BCUT2D eigenvalue weighted by molar-refractivity contribution is 5.71. The number of carbonyl (C=O) groups excluding carboxylic acids is 2. The second-order valence-electron chi connectivity index (χ2n) is 24.4. The van der Waals surface area contributed by atoms with Crippen LogP contribution in [0.2, 0.25) is 0 Å². The second kappa shape index (κ2) is 70.3. The molecule has 0 spiro atoms. The molecule has 0 saturated heterocycles. The fraction of sp³-hybridized carbons (Fsp3) is 0.598. The molecule has 0 aliphatic heterocycles. The summed E-state index contributed by atoms with van der Waals surface area (Å²) in [6.45, 7) is 4.62. The van der Waals surface area contributed by atoms with Crippen LogP contribution in [0.3, 0.4) is 0 Å². The van der Waals surface area contributed by atoms with Crippen molar-refractivity contribution in [2.24, 2.45) is 0 Å². The van der Waals surface area contributed by atoms with Crippen LogP contribution in [-0.2, 0) is 33.3 Å². The van der Waals surface area contributed by atoms with Crippen LogP contribution in [0.4, 0.5) is 0 Å². The molecular formula is C82H132NO8+. The van der Waals surface area contributed by atoms with Gasteiger partial charge in [-0.1, -0.05) is 292 Å². The molecule has 2 atom stereocenters. The molecule has 91 heavy (non-hydrogen) atoms. The van der Waals surface area contributed by atoms with Crippen molar-refractivity contribution in [2.45, 2.75) is 270 Å². The molecule has 1 N–H and O–H groups in total. The molecule has 0 aromatic heterocycles. The summed E-state index contributed by atoms with van der Waals surface area (Å²) in [4.78, 5) is 37.6. The summed E-state index contributed by atoms with van der Waals surface area (Å²) in [6.07, 6.45) is 104. The molecule has 0 heterocycles. The molecule has 0 aromatic rings. The maximum atomic E-state index is 13.0. The van der Waals surface area contributed by atoms with Crippen LogP contribution in [0.25, 0.3) is 0 Å². The standard InChI is InChI=1S/C82H131NO8/c1-6-8-10-12-14-16-18-20-22-24-26-28-30-32-33-34-35-36-37-38-39-40-41-42-43-44-45-46-47-49-51-53-55-57-59-61-63-65-67-69-71-73-80(85)91-78(77-90-82(81(86)87)88-75-74-83(3,4)5)76-89-79(84)72-70-68-66-64-62-60-58-56-54-52-50-48-31-29-27-25-23-21-19-17-15-13-11-9-7-2/h8-11,14-17,20-23,26-29,32-33,35-36,38-39,41-42,44-45,48,50,54,56,78,82H,6-7,12-13,18-19,24-25,30-31,34,37,40,43,46-47,49,51-53,55,57-77H2,1-5H3/p+1/b10-8-,11-9-,16-14-,17-15-,22-20-,23-21-,28-26-,29-27-,33-32-,36-35-,39-38-,42-41-,45-44-,50-48-,56-54-. The van der Waals surface area contributed by atoms with Gasteiger partial charge in [0.15, 0.2) is 6.10 Å². The van der Waals surface area contributed by atoms with Crippen LogP contribution in [-0.4, -0.2) is 87.4 Å². The number of carboxylic acids is 1. The van der Waals surface area contributed by atoms with E-state index in [1.807, 2.05) is 21.1 Å². The first kappa shape index (κ1) is 85.4. The zero-order valence-electron chi connectivity index (χ0n) is 58.4. The predicted molar refractivity (Wildman–Crippen MR) is 391 cm³/mol. The molecule has 0 amide bonds. The summed E-state index contributed by atoms with van der Waals surface area (Å²) < 4.78 is 23.0. The first-order valence-electron chi connectivity index (χ1n) is 35.9. The molecular weight excluding hydrogens is 1130 g/mol. The lowest BCUT2D eigenvalue weighted by molar-refractivity contribution is -0.870. The second-order valence-corrected chi connectivity index (χ2v) is 24.4. The number of likely N-dealkylation sites (N-methyl/N-ethyl adjacent to an activating group) is 1. The van der Waals surface area contributed by atoms with Crippen LogP contribution in [0.5, 0.6) is 0 Å². The van der Waals surface area contributed by atoms with Crippen LogP contribution in [0.15, 0.2) is 182 Å². The monoisotopic (exact) mass is 1260 g/mol. The Morgan fingerprint density at radius 3 is 0.879 bits per heavy atom. The molecule has 0 aliphatic carbocycles. The summed E-state index contributed by atoms with van der Waals surface area (Å²) in [5, 5.41) is 9.75. The lowest BCUT2D eigenvalue weighted by Crippen LogP contribution is -2.40. The van der Waals surface area contributed by atoms with Gasteiger partial charge in [0, 0.05) is 12.8 Å². The number of hydrogen-bond acceptors (Lipinski definition) is 7. The molecule has 2 unspecified atom stereocenters. The molecule has 0 radical (unpaired) electrons. The van der Waals surface area contributed by atoms with E-state index in [2.05, 4.69) is 196 Å². The Morgan fingerprint density at radius 2 is 0.593 bits per heavy atom. The predicted octanol–water partition coefficient (Wildman–Crippen LogP) is 22.8. The largest absolute Gasteiger partial charge is 0.477 e. The number of quaternary nitrogens is 1. The summed E-state index contributed by atoms with van der Waals surface area (Å²) in [7, 11) is 5.96. The molecule has 0 aliphatic rings. The highest BCUT2D eigenvalue weighted by Crippen LogP contribution is 2.16. The minimum atomic E-state index is -1.53. The highest BCUT2D eigenvalue weighted by Gasteiger charge is 2.25. The average molecular weight is 1260 g/mol. The Morgan fingerprint density at radius 1 is 0.330 bits per heavy atom. The Hall–Kier alpha value is -5.61. The Labute approximate surface area is 558 Å². The number of allylic oxidation sites excluding steroid dienone is 30. The molecule has 0 aromatic carbocycles. The molecule has 9 nitrogen and oxygen atoms in total. The van der Waals surface area contributed by atoms with Crippen molar-refractivity contribution in [1.29, 1.82) is 0 Å². The highest BCUT2D eigenvalue weighted by atomic mass is 16.7. The number of carboxylic acid groups (broad SMARTS) is 1. The van der Waals surface area contributed by atoms with E-state index in [1.54, 1.807) is 0 Å². The van der Waals surface area contributed by atoms with Gasteiger partial charge in [0.2, 0.25) is 0 Å². The Balaban J connectivity index is 4.16. The van der Waals surface area contributed by atoms with E-state index in [1.165, 1.54) is 64.2 Å². The molecule has 0 rings (SSSR count). The summed E-state index contributed by atoms with van der Waals surface area (Å²) >= 11 is 0. The van der Waals surface area contributed by atoms with Crippen LogP contribution >= 0.6 is 0 Å². The zero-order valence-corrected chi connectivity index (χ0v) is 58.4.